The normalized spacial score (nSPS) is 15.9. The van der Waals surface area contributed by atoms with E-state index in [9.17, 15) is 22.8 Å². The molecule has 2 aromatic carbocycles. The van der Waals surface area contributed by atoms with E-state index in [1.54, 1.807) is 37.3 Å². The number of rotatable bonds is 10. The Morgan fingerprint density at radius 2 is 1.78 bits per heavy atom. The molecule has 1 unspecified atom stereocenters. The Balaban J connectivity index is 2.05. The van der Waals surface area contributed by atoms with Gasteiger partial charge in [0, 0.05) is 24.2 Å². The molecule has 1 atom stereocenters. The molecule has 0 aliphatic carbocycles. The number of allylic oxidation sites excluding steroid dienone is 1. The molecule has 10 nitrogen and oxygen atoms in total. The van der Waals surface area contributed by atoms with Crippen LogP contribution < -0.4 is 9.50 Å². The average Bonchev–Trinajstić information content (AvgIpc) is 2.84. The van der Waals surface area contributed by atoms with E-state index in [2.05, 4.69) is 5.32 Å². The van der Waals surface area contributed by atoms with E-state index in [1.165, 1.54) is 30.2 Å². The number of carboxylic acid groups (broad SMARTS) is 1. The van der Waals surface area contributed by atoms with Crippen molar-refractivity contribution in [2.75, 3.05) is 13.7 Å². The maximum atomic E-state index is 13.1. The van der Waals surface area contributed by atoms with Gasteiger partial charge in [-0.15, -0.1) is 0 Å². The number of para-hydroxylation sites is 1. The summed E-state index contributed by atoms with van der Waals surface area (Å²) in [6.07, 6.45) is 0.303. The van der Waals surface area contributed by atoms with Crippen molar-refractivity contribution in [3.05, 3.63) is 70.9 Å². The van der Waals surface area contributed by atoms with E-state index in [-0.39, 0.29) is 47.6 Å². The Labute approximate surface area is 209 Å². The van der Waals surface area contributed by atoms with E-state index in [1.807, 2.05) is 6.92 Å². The summed E-state index contributed by atoms with van der Waals surface area (Å²) in [5.41, 5.74) is 1.60. The molecule has 0 fully saturated rings. The average molecular weight is 517 g/mol. The number of carboxylic acids is 1. The van der Waals surface area contributed by atoms with Crippen LogP contribution in [-0.2, 0) is 24.4 Å². The first-order chi connectivity index (χ1) is 17.1. The van der Waals surface area contributed by atoms with Crippen LogP contribution in [0.5, 0.6) is 5.75 Å². The number of aliphatic carboxylic acids is 1. The summed E-state index contributed by atoms with van der Waals surface area (Å²) < 4.78 is 36.4. The molecule has 1 heterocycles. The van der Waals surface area contributed by atoms with Gasteiger partial charge in [-0.25, -0.2) is 9.59 Å². The third-order valence-electron chi connectivity index (χ3n) is 5.69. The molecular formula is C25H28N2O8S. The number of nitrogens with one attached hydrogen (secondary N) is 1. The number of ether oxygens (including phenoxy) is 1. The van der Waals surface area contributed by atoms with Crippen LogP contribution in [0.15, 0.2) is 64.7 Å². The Bertz CT molecular complexity index is 1290. The van der Waals surface area contributed by atoms with Crippen LogP contribution in [0.4, 0.5) is 4.79 Å². The van der Waals surface area contributed by atoms with Gasteiger partial charge in [0.05, 0.1) is 18.7 Å². The summed E-state index contributed by atoms with van der Waals surface area (Å²) >= 11 is 0. The molecule has 2 amide bonds. The number of hydrogen-bond acceptors (Lipinski definition) is 7. The minimum Gasteiger partial charge on any atom is -0.481 e. The third kappa shape index (κ3) is 5.85. The van der Waals surface area contributed by atoms with Crippen LogP contribution in [0.3, 0.4) is 0 Å². The number of nitrogens with zero attached hydrogens (tertiary/aromatic N) is 1. The molecule has 1 aliphatic rings. The number of esters is 1. The molecule has 0 bridgehead atoms. The second-order valence-electron chi connectivity index (χ2n) is 8.13. The molecule has 0 spiro atoms. The van der Waals surface area contributed by atoms with Gasteiger partial charge in [-0.1, -0.05) is 42.8 Å². The molecule has 1 aliphatic heterocycles. The highest BCUT2D eigenvalue weighted by molar-refractivity contribution is 7.87. The number of methoxy groups -OCH3 is 1. The molecule has 0 saturated carbocycles. The second kappa shape index (κ2) is 11.3. The molecule has 3 rings (SSSR count). The lowest BCUT2D eigenvalue weighted by Gasteiger charge is -2.36. The molecule has 0 saturated heterocycles. The van der Waals surface area contributed by atoms with Crippen molar-refractivity contribution < 1.29 is 36.8 Å². The van der Waals surface area contributed by atoms with Gasteiger partial charge in [-0.2, -0.15) is 8.42 Å². The summed E-state index contributed by atoms with van der Waals surface area (Å²) in [5, 5.41) is 11.7. The van der Waals surface area contributed by atoms with Crippen LogP contribution in [0.25, 0.3) is 0 Å². The van der Waals surface area contributed by atoms with Crippen LogP contribution >= 0.6 is 0 Å². The molecule has 36 heavy (non-hydrogen) atoms. The SMILES string of the molecule is CCC1=C(C(=O)OC)C(c2ccccc2OS(=O)(=O)c2ccc(C)cc2)NC(=O)N1CCCC(=O)O. The van der Waals surface area contributed by atoms with Crippen LogP contribution in [0.1, 0.15) is 43.4 Å². The zero-order valence-corrected chi connectivity index (χ0v) is 21.0. The highest BCUT2D eigenvalue weighted by Crippen LogP contribution is 2.37. The standard InChI is InChI=1S/C25H28N2O8S/c1-4-19-22(24(30)34-3)23(26-25(31)27(19)15-7-10-21(28)29)18-8-5-6-9-20(18)35-36(32,33)17-13-11-16(2)12-14-17/h5-6,8-9,11-14,23H,4,7,10,15H2,1-3H3,(H,26,31)(H,28,29). The molecule has 11 heteroatoms. The Morgan fingerprint density at radius 3 is 2.39 bits per heavy atom. The summed E-state index contributed by atoms with van der Waals surface area (Å²) in [7, 11) is -3.01. The van der Waals surface area contributed by atoms with E-state index in [0.717, 1.165) is 5.56 Å². The Kier molecular flexibility index (Phi) is 8.36. The minimum atomic E-state index is -4.21. The van der Waals surface area contributed by atoms with Gasteiger partial charge >= 0.3 is 28.1 Å². The summed E-state index contributed by atoms with van der Waals surface area (Å²) in [6.45, 7) is 3.66. The van der Waals surface area contributed by atoms with Gasteiger partial charge in [0.25, 0.3) is 0 Å². The van der Waals surface area contributed by atoms with Crippen LogP contribution in [-0.4, -0.2) is 50.0 Å². The predicted molar refractivity (Wildman–Crippen MR) is 130 cm³/mol. The maximum Gasteiger partial charge on any atom is 0.339 e. The number of benzene rings is 2. The largest absolute Gasteiger partial charge is 0.481 e. The number of hydrogen-bond donors (Lipinski definition) is 2. The molecule has 2 N–H and O–H groups in total. The number of carbonyl (C=O) groups excluding carboxylic acids is 2. The summed E-state index contributed by atoms with van der Waals surface area (Å²) in [4.78, 5) is 38.2. The van der Waals surface area contributed by atoms with Gasteiger partial charge in [-0.3, -0.25) is 9.69 Å². The van der Waals surface area contributed by atoms with E-state index in [0.29, 0.717) is 5.70 Å². The highest BCUT2D eigenvalue weighted by atomic mass is 32.2. The molecule has 0 aromatic heterocycles. The van der Waals surface area contributed by atoms with Crippen molar-refractivity contribution >= 4 is 28.1 Å². The topological polar surface area (TPSA) is 139 Å². The van der Waals surface area contributed by atoms with Gasteiger partial charge in [0.2, 0.25) is 0 Å². The first-order valence-electron chi connectivity index (χ1n) is 11.3. The lowest BCUT2D eigenvalue weighted by molar-refractivity contribution is -0.138. The fourth-order valence-corrected chi connectivity index (χ4v) is 4.91. The lowest BCUT2D eigenvalue weighted by Crippen LogP contribution is -2.48. The fraction of sp³-hybridized carbons (Fsp3) is 0.320. The van der Waals surface area contributed by atoms with Crippen molar-refractivity contribution in [2.45, 2.75) is 44.0 Å². The van der Waals surface area contributed by atoms with E-state index in [4.69, 9.17) is 14.0 Å². The van der Waals surface area contributed by atoms with Gasteiger partial charge in [0.1, 0.15) is 10.6 Å². The van der Waals surface area contributed by atoms with E-state index < -0.39 is 34.1 Å². The molecule has 192 valence electrons. The first kappa shape index (κ1) is 26.7. The smallest absolute Gasteiger partial charge is 0.339 e. The quantitative estimate of drug-likeness (QED) is 0.361. The zero-order valence-electron chi connectivity index (χ0n) is 20.2. The van der Waals surface area contributed by atoms with Gasteiger partial charge in [-0.05, 0) is 38.0 Å². The van der Waals surface area contributed by atoms with Crippen molar-refractivity contribution in [2.24, 2.45) is 0 Å². The molecule has 2 aromatic rings. The van der Waals surface area contributed by atoms with Crippen LogP contribution in [0, 0.1) is 6.92 Å². The van der Waals surface area contributed by atoms with Crippen LogP contribution in [0.2, 0.25) is 0 Å². The third-order valence-corrected chi connectivity index (χ3v) is 6.94. The minimum absolute atomic E-state index is 0.0434. The van der Waals surface area contributed by atoms with Gasteiger partial charge < -0.3 is 19.3 Å². The fourth-order valence-electron chi connectivity index (χ4n) is 3.96. The lowest BCUT2D eigenvalue weighted by atomic mass is 9.93. The number of amides is 2. The number of aryl methyl sites for hydroxylation is 1. The van der Waals surface area contributed by atoms with E-state index >= 15 is 0 Å². The summed E-state index contributed by atoms with van der Waals surface area (Å²) in [5.74, 6) is -1.77. The second-order valence-corrected chi connectivity index (χ2v) is 9.67. The van der Waals surface area contributed by atoms with Crippen molar-refractivity contribution in [3.8, 4) is 5.75 Å². The number of carbonyl (C=O) groups is 3. The Morgan fingerprint density at radius 1 is 1.11 bits per heavy atom. The Hall–Kier alpha value is -3.86. The van der Waals surface area contributed by atoms with Crippen molar-refractivity contribution in [1.29, 1.82) is 0 Å². The van der Waals surface area contributed by atoms with Crippen molar-refractivity contribution in [3.63, 3.8) is 0 Å². The molecular weight excluding hydrogens is 488 g/mol. The van der Waals surface area contributed by atoms with Crippen molar-refractivity contribution in [1.82, 2.24) is 10.2 Å². The monoisotopic (exact) mass is 516 g/mol. The highest BCUT2D eigenvalue weighted by Gasteiger charge is 2.38. The summed E-state index contributed by atoms with van der Waals surface area (Å²) in [6, 6.07) is 10.8. The number of urea groups is 1. The first-order valence-corrected chi connectivity index (χ1v) is 12.7. The molecule has 0 radical (unpaired) electrons. The predicted octanol–water partition coefficient (Wildman–Crippen LogP) is 3.53. The van der Waals surface area contributed by atoms with Gasteiger partial charge in [0.15, 0.2) is 0 Å². The maximum absolute atomic E-state index is 13.1. The zero-order chi connectivity index (χ0) is 26.5.